The average molecular weight is 254 g/mol. The second-order valence-corrected chi connectivity index (χ2v) is 11.1. The van der Waals surface area contributed by atoms with Gasteiger partial charge in [-0.1, -0.05) is 23.7 Å². The Hall–Kier alpha value is 0.307. The molecule has 72 valence electrons. The molecule has 0 saturated heterocycles. The number of hydrogen-bond donors (Lipinski definition) is 0. The van der Waals surface area contributed by atoms with Crippen molar-refractivity contribution in [2.75, 3.05) is 0 Å². The summed E-state index contributed by atoms with van der Waals surface area (Å²) in [6, 6.07) is 3.93. The van der Waals surface area contributed by atoms with Gasteiger partial charge in [0.2, 0.25) is 0 Å². The Morgan fingerprint density at radius 2 is 1.69 bits per heavy atom. The van der Waals surface area contributed by atoms with Crippen LogP contribution in [0, 0.1) is 13.8 Å². The van der Waals surface area contributed by atoms with E-state index in [1.807, 2.05) is 32.5 Å². The van der Waals surface area contributed by atoms with E-state index in [0.717, 1.165) is 21.3 Å². The van der Waals surface area contributed by atoms with E-state index in [2.05, 4.69) is 0 Å². The molecule has 0 spiro atoms. The van der Waals surface area contributed by atoms with Gasteiger partial charge in [0.05, 0.1) is 0 Å². The molecular formula is C9H11Cl3Si. The Morgan fingerprint density at radius 3 is 2.15 bits per heavy atom. The van der Waals surface area contributed by atoms with Crippen LogP contribution in [0.4, 0.5) is 0 Å². The van der Waals surface area contributed by atoms with E-state index < -0.39 is 6.69 Å². The van der Waals surface area contributed by atoms with Crippen molar-refractivity contribution in [1.29, 1.82) is 0 Å². The highest BCUT2D eigenvalue weighted by molar-refractivity contribution is 7.50. The van der Waals surface area contributed by atoms with Crippen LogP contribution in [0.1, 0.15) is 11.1 Å². The highest BCUT2D eigenvalue weighted by atomic mass is 35.7. The SMILES string of the molecule is Cc1ccc([Si](C)(Cl)Cl)c(C)c1Cl. The first kappa shape index (κ1) is 11.4. The highest BCUT2D eigenvalue weighted by Crippen LogP contribution is 2.23. The van der Waals surface area contributed by atoms with E-state index in [0.29, 0.717) is 0 Å². The highest BCUT2D eigenvalue weighted by Gasteiger charge is 2.26. The normalized spacial score (nSPS) is 11.8. The Bertz CT molecular complexity index is 328. The fourth-order valence-corrected chi connectivity index (χ4v) is 3.93. The molecule has 4 heteroatoms. The zero-order valence-corrected chi connectivity index (χ0v) is 11.1. The van der Waals surface area contributed by atoms with Crippen molar-refractivity contribution < 1.29 is 0 Å². The number of halogens is 3. The van der Waals surface area contributed by atoms with Gasteiger partial charge >= 0.3 is 0 Å². The summed E-state index contributed by atoms with van der Waals surface area (Å²) in [5.74, 6) is 0. The van der Waals surface area contributed by atoms with Crippen molar-refractivity contribution in [1.82, 2.24) is 0 Å². The predicted octanol–water partition coefficient (Wildman–Crippen LogP) is 3.71. The monoisotopic (exact) mass is 252 g/mol. The van der Waals surface area contributed by atoms with Crippen LogP contribution < -0.4 is 5.19 Å². The standard InChI is InChI=1S/C9H11Cl3Si/c1-6-4-5-8(13(3,11)12)7(2)9(6)10/h4-5H,1-3H3. The lowest BCUT2D eigenvalue weighted by atomic mass is 10.1. The summed E-state index contributed by atoms with van der Waals surface area (Å²) in [7, 11) is 0. The van der Waals surface area contributed by atoms with Crippen molar-refractivity contribution in [3.05, 3.63) is 28.3 Å². The molecule has 1 aromatic carbocycles. The quantitative estimate of drug-likeness (QED) is 0.529. The molecule has 0 nitrogen and oxygen atoms in total. The first-order chi connectivity index (χ1) is 5.84. The van der Waals surface area contributed by atoms with Crippen LogP contribution in [0.5, 0.6) is 0 Å². The Labute approximate surface area is 94.2 Å². The zero-order valence-electron chi connectivity index (χ0n) is 7.79. The maximum absolute atomic E-state index is 6.13. The minimum atomic E-state index is -2.27. The first-order valence-corrected chi connectivity index (χ1v) is 8.88. The van der Waals surface area contributed by atoms with Gasteiger partial charge in [-0.3, -0.25) is 0 Å². The van der Waals surface area contributed by atoms with Crippen LogP contribution in [0.3, 0.4) is 0 Å². The van der Waals surface area contributed by atoms with Crippen molar-refractivity contribution in [2.45, 2.75) is 20.4 Å². The molecule has 0 amide bonds. The van der Waals surface area contributed by atoms with Gasteiger partial charge < -0.3 is 0 Å². The van der Waals surface area contributed by atoms with Crippen molar-refractivity contribution >= 4 is 45.6 Å². The maximum atomic E-state index is 6.13. The molecule has 0 aliphatic rings. The topological polar surface area (TPSA) is 0 Å². The average Bonchev–Trinajstić information content (AvgIpc) is 1.98. The molecule has 0 saturated carbocycles. The van der Waals surface area contributed by atoms with Gasteiger partial charge in [-0.25, -0.2) is 0 Å². The van der Waals surface area contributed by atoms with Gasteiger partial charge in [0.1, 0.15) is 0 Å². The van der Waals surface area contributed by atoms with Gasteiger partial charge in [-0.05, 0) is 36.7 Å². The summed E-state index contributed by atoms with van der Waals surface area (Å²) in [4.78, 5) is 0. The van der Waals surface area contributed by atoms with Crippen LogP contribution in [0.2, 0.25) is 11.6 Å². The summed E-state index contributed by atoms with van der Waals surface area (Å²) >= 11 is 18.4. The van der Waals surface area contributed by atoms with E-state index in [4.69, 9.17) is 33.8 Å². The Kier molecular flexibility index (Phi) is 3.34. The molecule has 13 heavy (non-hydrogen) atoms. The first-order valence-electron chi connectivity index (χ1n) is 3.98. The molecule has 0 bridgehead atoms. The molecule has 0 radical (unpaired) electrons. The predicted molar refractivity (Wildman–Crippen MR) is 63.9 cm³/mol. The largest absolute Gasteiger partial charge is 0.278 e. The summed E-state index contributed by atoms with van der Waals surface area (Å²) in [5.41, 5.74) is 2.08. The number of rotatable bonds is 1. The van der Waals surface area contributed by atoms with Crippen LogP contribution in [-0.4, -0.2) is 6.69 Å². The molecule has 1 rings (SSSR count). The smallest absolute Gasteiger partial charge is 0.140 e. The van der Waals surface area contributed by atoms with Crippen molar-refractivity contribution in [3.63, 3.8) is 0 Å². The van der Waals surface area contributed by atoms with Gasteiger partial charge in [0.15, 0.2) is 0 Å². The third-order valence-electron chi connectivity index (χ3n) is 2.05. The third-order valence-corrected chi connectivity index (χ3v) is 5.34. The number of aryl methyl sites for hydroxylation is 1. The summed E-state index contributed by atoms with van der Waals surface area (Å²) in [6.45, 7) is 3.54. The van der Waals surface area contributed by atoms with Crippen LogP contribution >= 0.6 is 33.8 Å². The van der Waals surface area contributed by atoms with E-state index in [-0.39, 0.29) is 0 Å². The molecular weight excluding hydrogens is 243 g/mol. The van der Waals surface area contributed by atoms with Crippen LogP contribution in [0.25, 0.3) is 0 Å². The lowest BCUT2D eigenvalue weighted by molar-refractivity contribution is 1.41. The van der Waals surface area contributed by atoms with Gasteiger partial charge in [0.25, 0.3) is 6.69 Å². The molecule has 0 aliphatic heterocycles. The fraction of sp³-hybridized carbons (Fsp3) is 0.333. The zero-order chi connectivity index (χ0) is 10.2. The molecule has 0 fully saturated rings. The molecule has 0 atom stereocenters. The minimum Gasteiger partial charge on any atom is -0.140 e. The molecule has 0 aliphatic carbocycles. The Balaban J connectivity index is 3.35. The molecule has 1 aromatic rings. The molecule has 0 unspecified atom stereocenters. The van der Waals surface area contributed by atoms with Gasteiger partial charge in [-0.2, -0.15) is 0 Å². The number of hydrogen-bond acceptors (Lipinski definition) is 0. The van der Waals surface area contributed by atoms with E-state index in [9.17, 15) is 0 Å². The summed E-state index contributed by atoms with van der Waals surface area (Å²) < 4.78 is 0. The fourth-order valence-electron chi connectivity index (χ4n) is 1.30. The van der Waals surface area contributed by atoms with E-state index in [1.54, 1.807) is 0 Å². The van der Waals surface area contributed by atoms with Crippen molar-refractivity contribution in [2.24, 2.45) is 0 Å². The lowest BCUT2D eigenvalue weighted by Crippen LogP contribution is -2.35. The van der Waals surface area contributed by atoms with Crippen LogP contribution in [-0.2, 0) is 0 Å². The molecule has 0 aromatic heterocycles. The minimum absolute atomic E-state index is 0.775. The number of benzene rings is 1. The second-order valence-electron chi connectivity index (χ2n) is 3.26. The van der Waals surface area contributed by atoms with E-state index in [1.165, 1.54) is 0 Å². The van der Waals surface area contributed by atoms with Crippen molar-refractivity contribution in [3.8, 4) is 0 Å². The van der Waals surface area contributed by atoms with Crippen LogP contribution in [0.15, 0.2) is 12.1 Å². The van der Waals surface area contributed by atoms with Gasteiger partial charge in [0, 0.05) is 5.02 Å². The Morgan fingerprint density at radius 1 is 1.15 bits per heavy atom. The summed E-state index contributed by atoms with van der Waals surface area (Å²) in [5, 5.41) is 1.78. The summed E-state index contributed by atoms with van der Waals surface area (Å²) in [6.07, 6.45) is 0. The molecule has 0 N–H and O–H groups in total. The van der Waals surface area contributed by atoms with Gasteiger partial charge in [-0.15, -0.1) is 22.2 Å². The second kappa shape index (κ2) is 3.82. The maximum Gasteiger partial charge on any atom is 0.278 e. The lowest BCUT2D eigenvalue weighted by Gasteiger charge is -2.16. The molecule has 0 heterocycles. The third kappa shape index (κ3) is 2.41. The van der Waals surface area contributed by atoms with E-state index >= 15 is 0 Å².